The third-order valence-electron chi connectivity index (χ3n) is 4.66. The van der Waals surface area contributed by atoms with Gasteiger partial charge in [0, 0.05) is 31.2 Å². The molecule has 7 nitrogen and oxygen atoms in total. The Morgan fingerprint density at radius 1 is 1.22 bits per heavy atom. The molecule has 0 spiro atoms. The van der Waals surface area contributed by atoms with Crippen LogP contribution >= 0.6 is 23.1 Å². The smallest absolute Gasteiger partial charge is 0.327 e. The molecule has 9 heteroatoms. The Labute approximate surface area is 167 Å². The van der Waals surface area contributed by atoms with Crippen molar-refractivity contribution >= 4 is 35.0 Å². The van der Waals surface area contributed by atoms with Gasteiger partial charge in [0.15, 0.2) is 0 Å². The number of piperazine rings is 1. The molecule has 27 heavy (non-hydrogen) atoms. The Balaban J connectivity index is 1.71. The largest absolute Gasteiger partial charge is 0.468 e. The minimum atomic E-state index is -0.513. The van der Waals surface area contributed by atoms with E-state index in [1.54, 1.807) is 17.0 Å². The highest BCUT2D eigenvalue weighted by molar-refractivity contribution is 7.08. The normalized spacial score (nSPS) is 16.2. The van der Waals surface area contributed by atoms with Crippen molar-refractivity contribution in [2.75, 3.05) is 33.3 Å². The van der Waals surface area contributed by atoms with Crippen molar-refractivity contribution in [2.45, 2.75) is 19.4 Å². The highest BCUT2D eigenvalue weighted by Gasteiger charge is 2.33. The Hall–Kier alpha value is -2.03. The fourth-order valence-corrected chi connectivity index (χ4v) is 4.03. The number of methoxy groups -OCH3 is 1. The van der Waals surface area contributed by atoms with Crippen molar-refractivity contribution in [3.63, 3.8) is 0 Å². The zero-order valence-corrected chi connectivity index (χ0v) is 16.8. The molecule has 0 N–H and O–H groups in total. The van der Waals surface area contributed by atoms with Crippen LogP contribution in [0.1, 0.15) is 33.9 Å². The van der Waals surface area contributed by atoms with Gasteiger partial charge in [0.2, 0.25) is 0 Å². The molecular weight excluding hydrogens is 388 g/mol. The van der Waals surface area contributed by atoms with Gasteiger partial charge in [-0.1, -0.05) is 35.1 Å². The summed E-state index contributed by atoms with van der Waals surface area (Å²) in [5.74, 6) is -0.361. The van der Waals surface area contributed by atoms with Gasteiger partial charge in [0.25, 0.3) is 5.91 Å². The number of benzene rings is 1. The number of rotatable bonds is 5. The topological polar surface area (TPSA) is 75.6 Å². The highest BCUT2D eigenvalue weighted by Crippen LogP contribution is 2.26. The fourth-order valence-electron chi connectivity index (χ4n) is 3.18. The van der Waals surface area contributed by atoms with E-state index in [-0.39, 0.29) is 11.9 Å². The van der Waals surface area contributed by atoms with Gasteiger partial charge >= 0.3 is 5.97 Å². The number of nitrogens with zero attached hydrogens (tertiary/aromatic N) is 4. The number of aryl methyl sites for hydroxylation is 1. The molecule has 1 aromatic heterocycles. The van der Waals surface area contributed by atoms with Crippen molar-refractivity contribution in [1.82, 2.24) is 19.4 Å². The molecule has 144 valence electrons. The first-order chi connectivity index (χ1) is 13.0. The van der Waals surface area contributed by atoms with E-state index < -0.39 is 6.04 Å². The molecule has 1 fully saturated rings. The number of halogens is 1. The van der Waals surface area contributed by atoms with Gasteiger partial charge < -0.3 is 9.64 Å². The van der Waals surface area contributed by atoms with Gasteiger partial charge in [-0.15, -0.1) is 5.10 Å². The van der Waals surface area contributed by atoms with E-state index >= 15 is 0 Å². The van der Waals surface area contributed by atoms with E-state index in [2.05, 4.69) is 9.59 Å². The molecule has 1 aliphatic rings. The molecule has 1 amide bonds. The summed E-state index contributed by atoms with van der Waals surface area (Å²) in [7, 11) is 1.38. The first-order valence-corrected chi connectivity index (χ1v) is 9.88. The maximum Gasteiger partial charge on any atom is 0.327 e. The molecule has 1 atom stereocenters. The van der Waals surface area contributed by atoms with Crippen molar-refractivity contribution in [3.8, 4) is 0 Å². The van der Waals surface area contributed by atoms with Crippen LogP contribution in [0.25, 0.3) is 0 Å². The Morgan fingerprint density at radius 2 is 1.89 bits per heavy atom. The molecule has 2 heterocycles. The Kier molecular flexibility index (Phi) is 6.41. The fraction of sp³-hybridized carbons (Fsp3) is 0.444. The van der Waals surface area contributed by atoms with Crippen molar-refractivity contribution < 1.29 is 14.3 Å². The van der Waals surface area contributed by atoms with E-state index in [1.807, 2.05) is 24.0 Å². The van der Waals surface area contributed by atoms with E-state index in [9.17, 15) is 9.59 Å². The lowest BCUT2D eigenvalue weighted by Crippen LogP contribution is -2.51. The van der Waals surface area contributed by atoms with Gasteiger partial charge in [-0.3, -0.25) is 9.69 Å². The molecule has 0 saturated carbocycles. The summed E-state index contributed by atoms with van der Waals surface area (Å²) in [4.78, 5) is 29.6. The number of aromatic nitrogens is 2. The predicted molar refractivity (Wildman–Crippen MR) is 103 cm³/mol. The maximum atomic E-state index is 12.7. The van der Waals surface area contributed by atoms with Gasteiger partial charge in [0.05, 0.1) is 12.8 Å². The number of carbonyl (C=O) groups is 2. The standard InChI is InChI=1S/C18H21ClN4O3S/c1-3-14-16(27-21-20-14)17(24)23-10-8-22(9-11-23)15(18(25)26-2)12-4-6-13(19)7-5-12/h4-7,15H,3,8-11H2,1-2H3. The summed E-state index contributed by atoms with van der Waals surface area (Å²) >= 11 is 7.10. The number of carbonyl (C=O) groups excluding carboxylic acids is 2. The van der Waals surface area contributed by atoms with Crippen LogP contribution in [0.5, 0.6) is 0 Å². The van der Waals surface area contributed by atoms with E-state index in [0.29, 0.717) is 42.5 Å². The second kappa shape index (κ2) is 8.77. The van der Waals surface area contributed by atoms with E-state index in [4.69, 9.17) is 16.3 Å². The van der Waals surface area contributed by atoms with E-state index in [1.165, 1.54) is 7.11 Å². The number of hydrogen-bond donors (Lipinski definition) is 0. The monoisotopic (exact) mass is 408 g/mol. The zero-order valence-electron chi connectivity index (χ0n) is 15.2. The van der Waals surface area contributed by atoms with Crippen molar-refractivity contribution in [1.29, 1.82) is 0 Å². The number of amides is 1. The van der Waals surface area contributed by atoms with Gasteiger partial charge in [-0.25, -0.2) is 4.79 Å². The van der Waals surface area contributed by atoms with Gasteiger partial charge in [0.1, 0.15) is 10.9 Å². The van der Waals surface area contributed by atoms with Gasteiger partial charge in [-0.2, -0.15) is 0 Å². The van der Waals surface area contributed by atoms with Crippen LogP contribution in [0.2, 0.25) is 5.02 Å². The number of esters is 1. The predicted octanol–water partition coefficient (Wildman–Crippen LogP) is 2.43. The first kappa shape index (κ1) is 19.7. The Bertz CT molecular complexity index is 803. The van der Waals surface area contributed by atoms with Crippen molar-refractivity contribution in [3.05, 3.63) is 45.4 Å². The molecule has 3 rings (SSSR count). The first-order valence-electron chi connectivity index (χ1n) is 8.73. The van der Waals surface area contributed by atoms with Crippen LogP contribution in [0.4, 0.5) is 0 Å². The average Bonchev–Trinajstić information content (AvgIpc) is 3.18. The third-order valence-corrected chi connectivity index (χ3v) is 5.67. The van der Waals surface area contributed by atoms with Gasteiger partial charge in [-0.05, 0) is 35.6 Å². The minimum Gasteiger partial charge on any atom is -0.468 e. The van der Waals surface area contributed by atoms with Crippen LogP contribution in [0, 0.1) is 0 Å². The lowest BCUT2D eigenvalue weighted by molar-refractivity contribution is -0.148. The van der Waals surface area contributed by atoms with Crippen LogP contribution in [-0.4, -0.2) is 64.6 Å². The summed E-state index contributed by atoms with van der Waals surface area (Å²) in [5, 5.41) is 4.63. The number of hydrogen-bond acceptors (Lipinski definition) is 7. The summed E-state index contributed by atoms with van der Waals surface area (Å²) < 4.78 is 8.90. The van der Waals surface area contributed by atoms with E-state index in [0.717, 1.165) is 22.8 Å². The number of ether oxygens (including phenoxy) is 1. The molecule has 1 saturated heterocycles. The zero-order chi connectivity index (χ0) is 19.4. The molecule has 0 bridgehead atoms. The average molecular weight is 409 g/mol. The molecule has 1 aromatic carbocycles. The summed E-state index contributed by atoms with van der Waals surface area (Å²) in [5.41, 5.74) is 1.56. The lowest BCUT2D eigenvalue weighted by Gasteiger charge is -2.38. The van der Waals surface area contributed by atoms with Crippen LogP contribution in [-0.2, 0) is 16.0 Å². The minimum absolute atomic E-state index is 0.0392. The van der Waals surface area contributed by atoms with Crippen LogP contribution in [0.3, 0.4) is 0 Å². The quantitative estimate of drug-likeness (QED) is 0.707. The molecule has 1 unspecified atom stereocenters. The van der Waals surface area contributed by atoms with Crippen molar-refractivity contribution in [2.24, 2.45) is 0 Å². The van der Waals surface area contributed by atoms with Crippen LogP contribution < -0.4 is 0 Å². The maximum absolute atomic E-state index is 12.7. The Morgan fingerprint density at radius 3 is 2.48 bits per heavy atom. The molecule has 2 aromatic rings. The summed E-state index contributed by atoms with van der Waals surface area (Å²) in [6.45, 7) is 4.16. The molecule has 1 aliphatic heterocycles. The lowest BCUT2D eigenvalue weighted by atomic mass is 10.0. The second-order valence-corrected chi connectivity index (χ2v) is 7.40. The third kappa shape index (κ3) is 4.28. The molecule has 0 radical (unpaired) electrons. The second-order valence-electron chi connectivity index (χ2n) is 6.21. The highest BCUT2D eigenvalue weighted by atomic mass is 35.5. The summed E-state index contributed by atoms with van der Waals surface area (Å²) in [6, 6.07) is 6.67. The summed E-state index contributed by atoms with van der Waals surface area (Å²) in [6.07, 6.45) is 0.679. The SMILES string of the molecule is CCc1nnsc1C(=O)N1CCN(C(C(=O)OC)c2ccc(Cl)cc2)CC1. The molecular formula is C18H21ClN4O3S. The molecule has 0 aliphatic carbocycles. The van der Waals surface area contributed by atoms with Crippen LogP contribution in [0.15, 0.2) is 24.3 Å².